The van der Waals surface area contributed by atoms with Gasteiger partial charge < -0.3 is 0 Å². The van der Waals surface area contributed by atoms with Crippen LogP contribution in [0.5, 0.6) is 0 Å². The molecule has 10 heavy (non-hydrogen) atoms. The van der Waals surface area contributed by atoms with Crippen LogP contribution in [0, 0.1) is 0 Å². The molecule has 0 bridgehead atoms. The first kappa shape index (κ1) is 6.80. The van der Waals surface area contributed by atoms with Crippen LogP contribution in [0.25, 0.3) is 0 Å². The van der Waals surface area contributed by atoms with Gasteiger partial charge in [0, 0.05) is 6.92 Å². The Morgan fingerprint density at radius 1 is 1.40 bits per heavy atom. The zero-order chi connectivity index (χ0) is 7.72. The highest BCUT2D eigenvalue weighted by Gasteiger charge is 2.18. The lowest BCUT2D eigenvalue weighted by Crippen LogP contribution is -2.15. The Morgan fingerprint density at radius 2 is 2.00 bits per heavy atom. The molecule has 1 heterocycles. The summed E-state index contributed by atoms with van der Waals surface area (Å²) in [5.41, 5.74) is 0.600. The number of hydrogen-bond acceptors (Lipinski definition) is 2. The van der Waals surface area contributed by atoms with E-state index in [2.05, 4.69) is 9.98 Å². The molecule has 52 valence electrons. The van der Waals surface area contributed by atoms with E-state index in [1.165, 1.54) is 6.92 Å². The zero-order valence-corrected chi connectivity index (χ0v) is 5.71. The average molecular weight is 138 g/mol. The van der Waals surface area contributed by atoms with Crippen molar-refractivity contribution in [3.63, 3.8) is 0 Å². The van der Waals surface area contributed by atoms with E-state index < -0.39 is 6.03 Å². The highest BCUT2D eigenvalue weighted by atomic mass is 16.2. The lowest BCUT2D eigenvalue weighted by molar-refractivity contribution is -0.110. The Bertz CT molecular complexity index is 263. The average Bonchev–Trinajstić information content (AvgIpc) is 2.10. The van der Waals surface area contributed by atoms with Gasteiger partial charge in [0.1, 0.15) is 5.71 Å². The molecule has 0 aromatic rings. The number of nitrogens with zero attached hydrogens (tertiary/aromatic N) is 2. The van der Waals surface area contributed by atoms with E-state index in [1.807, 2.05) is 0 Å². The van der Waals surface area contributed by atoms with Gasteiger partial charge in [0.05, 0.1) is 5.71 Å². The Balaban J connectivity index is 3.01. The van der Waals surface area contributed by atoms with E-state index in [0.29, 0.717) is 5.71 Å². The minimum Gasteiger partial charge on any atom is -0.293 e. The van der Waals surface area contributed by atoms with Crippen molar-refractivity contribution in [3.8, 4) is 0 Å². The molecule has 4 nitrogen and oxygen atoms in total. The summed E-state index contributed by atoms with van der Waals surface area (Å²) in [4.78, 5) is 27.9. The number of aliphatic imine (C=N–C) groups is 2. The van der Waals surface area contributed by atoms with Gasteiger partial charge in [0.2, 0.25) is 0 Å². The van der Waals surface area contributed by atoms with Gasteiger partial charge in [-0.15, -0.1) is 0 Å². The quantitative estimate of drug-likeness (QED) is 0.533. The van der Waals surface area contributed by atoms with Gasteiger partial charge in [-0.05, 0) is 6.92 Å². The van der Waals surface area contributed by atoms with E-state index in [9.17, 15) is 9.59 Å². The van der Waals surface area contributed by atoms with Gasteiger partial charge in [0.25, 0.3) is 0 Å². The number of hydrogen-bond donors (Lipinski definition) is 0. The van der Waals surface area contributed by atoms with Crippen molar-refractivity contribution in [2.45, 2.75) is 13.8 Å². The predicted octanol–water partition coefficient (Wildman–Crippen LogP) is 0.611. The van der Waals surface area contributed by atoms with E-state index in [-0.39, 0.29) is 11.5 Å². The molecular weight excluding hydrogens is 132 g/mol. The second-order valence-electron chi connectivity index (χ2n) is 2.00. The van der Waals surface area contributed by atoms with Crippen LogP contribution < -0.4 is 0 Å². The van der Waals surface area contributed by atoms with Gasteiger partial charge >= 0.3 is 6.03 Å². The zero-order valence-electron chi connectivity index (χ0n) is 5.71. The smallest absolute Gasteiger partial charge is 0.293 e. The third-order valence-electron chi connectivity index (χ3n) is 1.15. The molecule has 0 spiro atoms. The molecule has 0 aliphatic carbocycles. The number of amides is 2. The minimum absolute atomic E-state index is 0.185. The molecular formula is C6H6N2O2. The number of carbonyl (C=O) groups is 2. The fourth-order valence-electron chi connectivity index (χ4n) is 0.731. The second-order valence-corrected chi connectivity index (χ2v) is 2.00. The molecule has 1 rings (SSSR count). The summed E-state index contributed by atoms with van der Waals surface area (Å²) in [7, 11) is 0. The molecule has 1 aliphatic heterocycles. The summed E-state index contributed by atoms with van der Waals surface area (Å²) >= 11 is 0. The first-order valence-corrected chi connectivity index (χ1v) is 2.80. The minimum atomic E-state index is -0.581. The summed E-state index contributed by atoms with van der Waals surface area (Å²) < 4.78 is 0. The molecule has 0 N–H and O–H groups in total. The molecule has 0 unspecified atom stereocenters. The maximum atomic E-state index is 10.6. The van der Waals surface area contributed by atoms with Crippen LogP contribution in [0.1, 0.15) is 13.8 Å². The van der Waals surface area contributed by atoms with Gasteiger partial charge in [-0.25, -0.2) is 4.79 Å². The molecule has 0 fully saturated rings. The molecule has 0 atom stereocenters. The standard InChI is InChI=1S/C6H6N2O2/c1-3-5(4(2)9)8-6(10)7-3/h1-2H3. The predicted molar refractivity (Wildman–Crippen MR) is 36.6 cm³/mol. The van der Waals surface area contributed by atoms with Crippen molar-refractivity contribution < 1.29 is 9.59 Å². The topological polar surface area (TPSA) is 58.9 Å². The van der Waals surface area contributed by atoms with Crippen LogP contribution in [0.2, 0.25) is 0 Å². The van der Waals surface area contributed by atoms with Crippen molar-refractivity contribution in [3.05, 3.63) is 0 Å². The lowest BCUT2D eigenvalue weighted by atomic mass is 10.2. The second kappa shape index (κ2) is 2.13. The van der Waals surface area contributed by atoms with Crippen molar-refractivity contribution in [2.75, 3.05) is 0 Å². The summed E-state index contributed by atoms with van der Waals surface area (Å²) in [5.74, 6) is -0.216. The molecule has 0 saturated carbocycles. The van der Waals surface area contributed by atoms with Crippen LogP contribution in [0.4, 0.5) is 4.79 Å². The monoisotopic (exact) mass is 138 g/mol. The summed E-state index contributed by atoms with van der Waals surface area (Å²) in [6, 6.07) is -0.581. The van der Waals surface area contributed by atoms with E-state index in [4.69, 9.17) is 0 Å². The molecule has 2 amide bonds. The van der Waals surface area contributed by atoms with Gasteiger partial charge in [-0.2, -0.15) is 9.98 Å². The fraction of sp³-hybridized carbons (Fsp3) is 0.333. The molecule has 0 aromatic carbocycles. The lowest BCUT2D eigenvalue weighted by Gasteiger charge is -1.88. The van der Waals surface area contributed by atoms with Crippen molar-refractivity contribution in [1.82, 2.24) is 0 Å². The van der Waals surface area contributed by atoms with Gasteiger partial charge in [-0.3, -0.25) is 4.79 Å². The molecule has 0 radical (unpaired) electrons. The first-order chi connectivity index (χ1) is 4.61. The van der Waals surface area contributed by atoms with Gasteiger partial charge in [0.15, 0.2) is 5.78 Å². The van der Waals surface area contributed by atoms with Crippen LogP contribution in [-0.4, -0.2) is 23.2 Å². The maximum Gasteiger partial charge on any atom is 0.368 e. The highest BCUT2D eigenvalue weighted by molar-refractivity contribution is 6.69. The third-order valence-corrected chi connectivity index (χ3v) is 1.15. The normalized spacial score (nSPS) is 16.8. The van der Waals surface area contributed by atoms with Crippen molar-refractivity contribution in [2.24, 2.45) is 9.98 Å². The summed E-state index contributed by atoms with van der Waals surface area (Å²) in [6.07, 6.45) is 0. The number of ketones is 1. The molecule has 0 saturated heterocycles. The Morgan fingerprint density at radius 3 is 2.20 bits per heavy atom. The van der Waals surface area contributed by atoms with Crippen LogP contribution in [-0.2, 0) is 4.79 Å². The summed E-state index contributed by atoms with van der Waals surface area (Å²) in [6.45, 7) is 2.95. The molecule has 4 heteroatoms. The Kier molecular flexibility index (Phi) is 1.45. The maximum absolute atomic E-state index is 10.6. The fourth-order valence-corrected chi connectivity index (χ4v) is 0.731. The molecule has 0 aromatic heterocycles. The largest absolute Gasteiger partial charge is 0.368 e. The van der Waals surface area contributed by atoms with Crippen LogP contribution >= 0.6 is 0 Å². The third kappa shape index (κ3) is 1.00. The van der Waals surface area contributed by atoms with E-state index in [1.54, 1.807) is 6.92 Å². The van der Waals surface area contributed by atoms with E-state index in [0.717, 1.165) is 0 Å². The summed E-state index contributed by atoms with van der Waals surface area (Å²) in [5, 5.41) is 0. The SMILES string of the molecule is CC(=O)C1=NC(=O)N=C1C. The molecule has 1 aliphatic rings. The van der Waals surface area contributed by atoms with Crippen LogP contribution in [0.15, 0.2) is 9.98 Å². The van der Waals surface area contributed by atoms with E-state index >= 15 is 0 Å². The number of urea groups is 1. The number of rotatable bonds is 1. The number of Topliss-reactive ketones (excluding diaryl/α,β-unsaturated/α-hetero) is 1. The first-order valence-electron chi connectivity index (χ1n) is 2.80. The van der Waals surface area contributed by atoms with Gasteiger partial charge in [-0.1, -0.05) is 0 Å². The van der Waals surface area contributed by atoms with Crippen LogP contribution in [0.3, 0.4) is 0 Å². The van der Waals surface area contributed by atoms with Crippen molar-refractivity contribution >= 4 is 23.2 Å². The number of carbonyl (C=O) groups excluding carboxylic acids is 2. The van der Waals surface area contributed by atoms with Crippen molar-refractivity contribution in [1.29, 1.82) is 0 Å². The Labute approximate surface area is 57.7 Å². The highest BCUT2D eigenvalue weighted by Crippen LogP contribution is 1.99. The Hall–Kier alpha value is -1.32.